The number of carbonyl (C=O) groups excluding carboxylic acids is 4. The summed E-state index contributed by atoms with van der Waals surface area (Å²) in [7, 11) is 0. The van der Waals surface area contributed by atoms with Crippen LogP contribution < -0.4 is 0 Å². The van der Waals surface area contributed by atoms with Crippen molar-refractivity contribution in [2.24, 2.45) is 22.2 Å². The van der Waals surface area contributed by atoms with Gasteiger partial charge in [-0.15, -0.1) is 0 Å². The Kier molecular flexibility index (Phi) is 8.86. The fraction of sp³-hybridized carbons (Fsp3) is 0.810. The Hall–Kier alpha value is -1.72. The Morgan fingerprint density at radius 1 is 0.741 bits per heavy atom. The van der Waals surface area contributed by atoms with Gasteiger partial charge in [0.05, 0.1) is 10.8 Å². The second-order valence-corrected chi connectivity index (χ2v) is 8.81. The average Bonchev–Trinajstić information content (AvgIpc) is 2.53. The molecule has 0 aromatic rings. The highest BCUT2D eigenvalue weighted by Crippen LogP contribution is 2.51. The van der Waals surface area contributed by atoms with Crippen molar-refractivity contribution in [3.63, 3.8) is 0 Å². The number of hydrogen-bond donors (Lipinski definition) is 0. The zero-order chi connectivity index (χ0) is 21.6. The molecule has 0 spiro atoms. The summed E-state index contributed by atoms with van der Waals surface area (Å²) in [6.45, 7) is 16.0. The van der Waals surface area contributed by atoms with Gasteiger partial charge in [-0.05, 0) is 51.9 Å². The maximum Gasteiger partial charge on any atom is 0.319 e. The zero-order valence-corrected chi connectivity index (χ0v) is 18.4. The van der Waals surface area contributed by atoms with Crippen LogP contribution in [0.15, 0.2) is 0 Å². The van der Waals surface area contributed by atoms with Crippen LogP contribution in [0, 0.1) is 22.2 Å². The molecule has 1 atom stereocenters. The minimum atomic E-state index is -1.04. The SMILES string of the molecule is CCCC(=O)OC(=O)C(C)(C)C(C)C(C)(C)C(C)(C)C(=O)OC(=O)CCC. The van der Waals surface area contributed by atoms with Crippen molar-refractivity contribution in [2.45, 2.75) is 88.0 Å². The average molecular weight is 385 g/mol. The van der Waals surface area contributed by atoms with Crippen LogP contribution in [0.2, 0.25) is 0 Å². The summed E-state index contributed by atoms with van der Waals surface area (Å²) in [4.78, 5) is 48.7. The van der Waals surface area contributed by atoms with E-state index in [2.05, 4.69) is 0 Å². The Bertz CT molecular complexity index is 571. The summed E-state index contributed by atoms with van der Waals surface area (Å²) in [6.07, 6.45) is 1.54. The van der Waals surface area contributed by atoms with E-state index in [1.54, 1.807) is 27.7 Å². The standard InChI is InChI=1S/C21H36O6/c1-10-12-15(22)26-17(24)19(4,5)14(3)20(6,7)21(8,9)18(25)27-16(23)13-11-2/h14H,10-13H2,1-9H3. The number of rotatable bonds is 9. The van der Waals surface area contributed by atoms with Gasteiger partial charge in [0.1, 0.15) is 0 Å². The molecule has 0 aromatic carbocycles. The topological polar surface area (TPSA) is 86.7 Å². The number of hydrogen-bond acceptors (Lipinski definition) is 6. The van der Waals surface area contributed by atoms with E-state index in [1.165, 1.54) is 0 Å². The quantitative estimate of drug-likeness (QED) is 0.431. The summed E-state index contributed by atoms with van der Waals surface area (Å²) >= 11 is 0. The van der Waals surface area contributed by atoms with Crippen LogP contribution in [0.4, 0.5) is 0 Å². The van der Waals surface area contributed by atoms with Crippen LogP contribution in [0.1, 0.15) is 88.0 Å². The predicted octanol–water partition coefficient (Wildman–Crippen LogP) is 4.44. The van der Waals surface area contributed by atoms with Gasteiger partial charge in [-0.3, -0.25) is 19.2 Å². The number of carbonyl (C=O) groups is 4. The first-order valence-corrected chi connectivity index (χ1v) is 9.66. The van der Waals surface area contributed by atoms with E-state index < -0.39 is 40.1 Å². The fourth-order valence-corrected chi connectivity index (χ4v) is 2.86. The third kappa shape index (κ3) is 5.88. The molecule has 0 bridgehead atoms. The lowest BCUT2D eigenvalue weighted by Gasteiger charge is -2.48. The lowest BCUT2D eigenvalue weighted by atomic mass is 9.55. The van der Waals surface area contributed by atoms with Crippen molar-refractivity contribution < 1.29 is 28.7 Å². The van der Waals surface area contributed by atoms with E-state index in [1.807, 2.05) is 34.6 Å². The minimum Gasteiger partial charge on any atom is -0.393 e. The number of esters is 4. The first-order chi connectivity index (χ1) is 12.2. The van der Waals surface area contributed by atoms with Crippen molar-refractivity contribution in [2.75, 3.05) is 0 Å². The highest BCUT2D eigenvalue weighted by Gasteiger charge is 2.54. The summed E-state index contributed by atoms with van der Waals surface area (Å²) < 4.78 is 10.0. The van der Waals surface area contributed by atoms with Gasteiger partial charge in [0, 0.05) is 12.8 Å². The summed E-state index contributed by atoms with van der Waals surface area (Å²) in [5, 5.41) is 0. The van der Waals surface area contributed by atoms with E-state index in [4.69, 9.17) is 9.47 Å². The maximum absolute atomic E-state index is 12.6. The molecule has 0 amide bonds. The molecule has 0 rings (SSSR count). The summed E-state index contributed by atoms with van der Waals surface area (Å²) in [5.41, 5.74) is -2.79. The largest absolute Gasteiger partial charge is 0.393 e. The van der Waals surface area contributed by atoms with E-state index >= 15 is 0 Å². The molecule has 0 N–H and O–H groups in total. The van der Waals surface area contributed by atoms with Crippen molar-refractivity contribution >= 4 is 23.9 Å². The zero-order valence-electron chi connectivity index (χ0n) is 18.4. The molecule has 0 fully saturated rings. The summed E-state index contributed by atoms with van der Waals surface area (Å²) in [6, 6.07) is 0. The van der Waals surface area contributed by atoms with Gasteiger partial charge in [-0.2, -0.15) is 0 Å². The third-order valence-corrected chi connectivity index (χ3v) is 6.13. The van der Waals surface area contributed by atoms with Gasteiger partial charge in [0.15, 0.2) is 0 Å². The molecule has 0 saturated heterocycles. The smallest absolute Gasteiger partial charge is 0.319 e. The molecule has 0 aliphatic heterocycles. The van der Waals surface area contributed by atoms with Crippen LogP contribution in [-0.2, 0) is 28.7 Å². The van der Waals surface area contributed by atoms with Crippen molar-refractivity contribution in [1.82, 2.24) is 0 Å². The molecule has 0 radical (unpaired) electrons. The molecule has 6 nitrogen and oxygen atoms in total. The second kappa shape index (κ2) is 9.47. The van der Waals surface area contributed by atoms with Gasteiger partial charge in [0.25, 0.3) is 0 Å². The van der Waals surface area contributed by atoms with Crippen molar-refractivity contribution in [1.29, 1.82) is 0 Å². The lowest BCUT2D eigenvalue weighted by molar-refractivity contribution is -0.181. The van der Waals surface area contributed by atoms with Crippen LogP contribution >= 0.6 is 0 Å². The predicted molar refractivity (Wildman–Crippen MR) is 103 cm³/mol. The van der Waals surface area contributed by atoms with E-state index in [0.717, 1.165) is 0 Å². The normalized spacial score (nSPS) is 13.7. The third-order valence-electron chi connectivity index (χ3n) is 6.13. The van der Waals surface area contributed by atoms with E-state index in [0.29, 0.717) is 12.8 Å². The molecular formula is C21H36O6. The van der Waals surface area contributed by atoms with Crippen LogP contribution in [0.3, 0.4) is 0 Å². The molecule has 0 aromatic heterocycles. The summed E-state index contributed by atoms with van der Waals surface area (Å²) in [5.74, 6) is -2.69. The van der Waals surface area contributed by atoms with Crippen molar-refractivity contribution in [3.05, 3.63) is 0 Å². The molecule has 0 aliphatic carbocycles. The molecule has 0 saturated carbocycles. The maximum atomic E-state index is 12.6. The van der Waals surface area contributed by atoms with Crippen LogP contribution in [0.5, 0.6) is 0 Å². The van der Waals surface area contributed by atoms with Gasteiger partial charge < -0.3 is 9.47 Å². The first-order valence-electron chi connectivity index (χ1n) is 9.66. The Morgan fingerprint density at radius 3 is 1.48 bits per heavy atom. The molecule has 27 heavy (non-hydrogen) atoms. The lowest BCUT2D eigenvalue weighted by Crippen LogP contribution is -2.51. The fourth-order valence-electron chi connectivity index (χ4n) is 2.86. The molecule has 0 aliphatic rings. The Morgan fingerprint density at radius 2 is 1.11 bits per heavy atom. The first kappa shape index (κ1) is 25.3. The molecule has 156 valence electrons. The van der Waals surface area contributed by atoms with Crippen LogP contribution in [-0.4, -0.2) is 23.9 Å². The van der Waals surface area contributed by atoms with E-state index in [-0.39, 0.29) is 18.8 Å². The van der Waals surface area contributed by atoms with Gasteiger partial charge in [-0.1, -0.05) is 34.6 Å². The highest BCUT2D eigenvalue weighted by atomic mass is 16.6. The molecule has 6 heteroatoms. The van der Waals surface area contributed by atoms with E-state index in [9.17, 15) is 19.2 Å². The second-order valence-electron chi connectivity index (χ2n) is 8.81. The Labute approximate surface area is 163 Å². The van der Waals surface area contributed by atoms with Gasteiger partial charge >= 0.3 is 23.9 Å². The number of ether oxygens (including phenoxy) is 2. The minimum absolute atomic E-state index is 0.176. The van der Waals surface area contributed by atoms with Gasteiger partial charge in [-0.25, -0.2) is 0 Å². The highest BCUT2D eigenvalue weighted by molar-refractivity contribution is 5.90. The van der Waals surface area contributed by atoms with Gasteiger partial charge in [0.2, 0.25) is 0 Å². The molecular weight excluding hydrogens is 348 g/mol. The monoisotopic (exact) mass is 384 g/mol. The van der Waals surface area contributed by atoms with Crippen molar-refractivity contribution in [3.8, 4) is 0 Å². The van der Waals surface area contributed by atoms with Crippen LogP contribution in [0.25, 0.3) is 0 Å². The Balaban J connectivity index is 5.50. The molecule has 0 heterocycles. The molecule has 1 unspecified atom stereocenters.